The van der Waals surface area contributed by atoms with Crippen molar-refractivity contribution in [2.45, 2.75) is 17.5 Å². The van der Waals surface area contributed by atoms with Crippen LogP contribution in [0, 0.1) is 0 Å². The molecular weight excluding hydrogens is 514 g/mol. The van der Waals surface area contributed by atoms with E-state index in [1.54, 1.807) is 30.3 Å². The lowest BCUT2D eigenvalue weighted by Crippen LogP contribution is -2.72. The summed E-state index contributed by atoms with van der Waals surface area (Å²) in [5.74, 6) is -4.64. The van der Waals surface area contributed by atoms with E-state index >= 15 is 0 Å². The van der Waals surface area contributed by atoms with Gasteiger partial charge in [-0.1, -0.05) is 41.9 Å². The van der Waals surface area contributed by atoms with Gasteiger partial charge < -0.3 is 30.4 Å². The molecule has 36 heavy (non-hydrogen) atoms. The molecule has 0 aromatic heterocycles. The first-order chi connectivity index (χ1) is 17.1. The molecule has 2 aliphatic heterocycles. The van der Waals surface area contributed by atoms with Crippen molar-refractivity contribution in [2.75, 3.05) is 12.9 Å². The first kappa shape index (κ1) is 25.2. The molecule has 0 spiro atoms. The second kappa shape index (κ2) is 9.99. The number of benzene rings is 1. The lowest BCUT2D eigenvalue weighted by Gasteiger charge is -2.38. The summed E-state index contributed by atoms with van der Waals surface area (Å²) in [6.07, 6.45) is 2.01. The van der Waals surface area contributed by atoms with Crippen molar-refractivity contribution in [3.8, 4) is 0 Å². The van der Waals surface area contributed by atoms with Crippen LogP contribution in [0.25, 0.3) is 0 Å². The number of rotatable bonds is 6. The summed E-state index contributed by atoms with van der Waals surface area (Å²) in [7, 11) is 0.111. The van der Waals surface area contributed by atoms with E-state index in [9.17, 15) is 34.2 Å². The molecule has 186 valence electrons. The number of carboxylic acid groups (broad SMARTS) is 1. The van der Waals surface area contributed by atoms with Gasteiger partial charge in [0.05, 0.1) is 34.7 Å². The summed E-state index contributed by atoms with van der Waals surface area (Å²) >= 11 is 5.95. The summed E-state index contributed by atoms with van der Waals surface area (Å²) in [5, 5.41) is 25.6. The van der Waals surface area contributed by atoms with Crippen molar-refractivity contribution in [3.63, 3.8) is 0 Å². The number of nitrogens with one attached hydrogen (secondary N) is 2. The molecule has 1 amide bonds. The van der Waals surface area contributed by atoms with Gasteiger partial charge in [-0.25, -0.2) is 9.59 Å². The van der Waals surface area contributed by atoms with E-state index in [0.717, 1.165) is 19.3 Å². The third kappa shape index (κ3) is 4.52. The Morgan fingerprint density at radius 1 is 1.25 bits per heavy atom. The average molecular weight is 532 g/mol. The van der Waals surface area contributed by atoms with Gasteiger partial charge in [-0.2, -0.15) is 0 Å². The Kier molecular flexibility index (Phi) is 7.00. The second-order valence-corrected chi connectivity index (χ2v) is 10.3. The van der Waals surface area contributed by atoms with Crippen LogP contribution in [-0.2, 0) is 39.6 Å². The van der Waals surface area contributed by atoms with Gasteiger partial charge in [-0.15, -0.1) is 0 Å². The van der Waals surface area contributed by atoms with E-state index in [4.69, 9.17) is 11.6 Å². The number of allylic oxidation sites excluding steroid dienone is 2. The molecule has 4 unspecified atom stereocenters. The highest BCUT2D eigenvalue weighted by Crippen LogP contribution is 2.33. The van der Waals surface area contributed by atoms with E-state index in [1.807, 2.05) is 0 Å². The first-order valence-corrected chi connectivity index (χ1v) is 12.2. The van der Waals surface area contributed by atoms with Gasteiger partial charge in [0.25, 0.3) is 0 Å². The third-order valence-electron chi connectivity index (χ3n) is 5.59. The van der Waals surface area contributed by atoms with Crippen LogP contribution < -0.4 is 15.7 Å². The number of aliphatic hydroxyl groups is 1. The van der Waals surface area contributed by atoms with Crippen LogP contribution >= 0.6 is 11.6 Å². The lowest BCUT2D eigenvalue weighted by molar-refractivity contribution is -0.299. The van der Waals surface area contributed by atoms with Gasteiger partial charge in [-0.05, 0) is 17.7 Å². The fraction of sp³-hybridized carbons (Fsp3) is 0.217. The van der Waals surface area contributed by atoms with E-state index in [2.05, 4.69) is 20.4 Å². The predicted octanol–water partition coefficient (Wildman–Crippen LogP) is -0.934. The van der Waals surface area contributed by atoms with E-state index in [0.29, 0.717) is 5.56 Å². The maximum Gasteiger partial charge on any atom is 0.363 e. The lowest BCUT2D eigenvalue weighted by atomic mass is 9.98. The number of fused-ring (bicyclic) bond motifs is 1. The maximum atomic E-state index is 13.4. The second-order valence-electron chi connectivity index (χ2n) is 7.75. The monoisotopic (exact) mass is 531 g/mol. The van der Waals surface area contributed by atoms with Crippen LogP contribution in [0.15, 0.2) is 69.5 Å². The van der Waals surface area contributed by atoms with Crippen molar-refractivity contribution < 1.29 is 38.9 Å². The summed E-state index contributed by atoms with van der Waals surface area (Å²) < 4.78 is 4.64. The summed E-state index contributed by atoms with van der Waals surface area (Å²) in [6, 6.07) is 5.57. The Labute approximate surface area is 211 Å². The Hall–Kier alpha value is -3.90. The summed E-state index contributed by atoms with van der Waals surface area (Å²) in [5.41, 5.74) is -1.02. The van der Waals surface area contributed by atoms with Gasteiger partial charge >= 0.3 is 11.1 Å². The number of amides is 1. The van der Waals surface area contributed by atoms with Gasteiger partial charge in [0.2, 0.25) is 23.1 Å². The molecule has 0 saturated carbocycles. The number of nitrogens with zero attached hydrogens (tertiary/aromatic N) is 1. The molecule has 0 radical (unpaired) electrons. The van der Waals surface area contributed by atoms with Crippen LogP contribution in [0.3, 0.4) is 0 Å². The number of aliphatic carboxylic acids is 1. The number of aliphatic imine (C=N–C) groups is 1. The maximum absolute atomic E-state index is 13.4. The topological polar surface area (TPSA) is 174 Å². The molecule has 1 aliphatic carbocycles. The minimum absolute atomic E-state index is 0.0194. The van der Waals surface area contributed by atoms with Crippen molar-refractivity contribution in [1.82, 2.24) is 10.6 Å². The minimum Gasteiger partial charge on any atom is -0.543 e. The van der Waals surface area contributed by atoms with Crippen LogP contribution in [0.4, 0.5) is 0 Å². The van der Waals surface area contributed by atoms with Crippen LogP contribution in [0.1, 0.15) is 11.6 Å². The number of ketones is 1. The van der Waals surface area contributed by atoms with E-state index in [-0.39, 0.29) is 21.6 Å². The van der Waals surface area contributed by atoms with Crippen molar-refractivity contribution in [1.29, 1.82) is 0 Å². The zero-order valence-electron chi connectivity index (χ0n) is 18.5. The Balaban J connectivity index is 1.67. The molecule has 3 aliphatic rings. The van der Waals surface area contributed by atoms with Gasteiger partial charge in [-0.3, -0.25) is 14.6 Å². The van der Waals surface area contributed by atoms with Crippen LogP contribution in [-0.4, -0.2) is 63.8 Å². The third-order valence-corrected chi connectivity index (χ3v) is 8.45. The molecule has 1 fully saturated rings. The quantitative estimate of drug-likeness (QED) is 0.238. The number of carbonyl (C=O) groups excluding carboxylic acids is 5. The number of halogens is 1. The first-order valence-electron chi connectivity index (χ1n) is 10.4. The molecule has 4 rings (SSSR count). The highest BCUT2D eigenvalue weighted by Gasteiger charge is 2.64. The van der Waals surface area contributed by atoms with Crippen molar-refractivity contribution in [2.24, 2.45) is 4.99 Å². The molecule has 3 N–H and O–H groups in total. The number of carbonyl (C=O) groups is 5. The molecule has 13 heteroatoms. The fourth-order valence-corrected chi connectivity index (χ4v) is 6.38. The number of aliphatic hydroxyl groups excluding tert-OH is 1. The highest BCUT2D eigenvalue weighted by molar-refractivity contribution is 8.14. The Morgan fingerprint density at radius 2 is 1.94 bits per heavy atom. The number of hydrogen-bond donors (Lipinski definition) is 3. The smallest absolute Gasteiger partial charge is 0.363 e. The molecule has 1 aromatic rings. The SMILES string of the molecule is COC(=O)C1=C(O)C=CC(=O)C1=NC(C(=O)NC1C(=O)[S+]2CC(Cl)=C(C(=O)[O-])NC12)c1ccccc1. The molecule has 1 saturated heterocycles. The number of esters is 1. The zero-order valence-corrected chi connectivity index (χ0v) is 20.1. The van der Waals surface area contributed by atoms with Crippen molar-refractivity contribution in [3.05, 3.63) is 70.1 Å². The largest absolute Gasteiger partial charge is 0.543 e. The number of carboxylic acids is 1. The van der Waals surface area contributed by atoms with Gasteiger partial charge in [0.1, 0.15) is 17.0 Å². The van der Waals surface area contributed by atoms with Crippen LogP contribution in [0.2, 0.25) is 0 Å². The normalized spacial score (nSPS) is 25.1. The zero-order chi connectivity index (χ0) is 26.1. The molecule has 4 atom stereocenters. The van der Waals surface area contributed by atoms with Gasteiger partial charge in [0.15, 0.2) is 11.8 Å². The summed E-state index contributed by atoms with van der Waals surface area (Å²) in [4.78, 5) is 66.4. The minimum atomic E-state index is -1.54. The predicted molar refractivity (Wildman–Crippen MR) is 126 cm³/mol. The molecule has 2 heterocycles. The fourth-order valence-electron chi connectivity index (χ4n) is 3.83. The highest BCUT2D eigenvalue weighted by atomic mass is 35.5. The standard InChI is InChI=1S/C23H18ClN3O8S/c1-35-22(33)14-12(28)7-8-13(29)17(14)25-15(10-5-3-2-4-6-10)19(30)26-18-20-27-16(21(31)32)11(24)9-36(20)23(18)34/h2-8,15,18,20,27H,9H2,1H3,(H2-,25,26,28,30,31,32,33). The Bertz CT molecular complexity index is 1300. The number of methoxy groups -OCH3 is 1. The molecule has 0 bridgehead atoms. The van der Waals surface area contributed by atoms with E-state index in [1.165, 1.54) is 0 Å². The molecule has 11 nitrogen and oxygen atoms in total. The average Bonchev–Trinajstić information content (AvgIpc) is 2.87. The number of ether oxygens (including phenoxy) is 1. The molecular formula is C23H18ClN3O8S. The van der Waals surface area contributed by atoms with Gasteiger partial charge in [0, 0.05) is 0 Å². The number of hydrogen-bond acceptors (Lipinski definition) is 10. The van der Waals surface area contributed by atoms with Crippen molar-refractivity contribution >= 4 is 57.0 Å². The Morgan fingerprint density at radius 3 is 2.58 bits per heavy atom. The van der Waals surface area contributed by atoms with E-state index < -0.39 is 69.0 Å². The summed E-state index contributed by atoms with van der Waals surface area (Å²) in [6.45, 7) is 0. The molecule has 1 aromatic carbocycles. The van der Waals surface area contributed by atoms with Crippen LogP contribution in [0.5, 0.6) is 0 Å².